The molecule has 1 N–H and O–H groups in total. The first-order valence-electron chi connectivity index (χ1n) is 8.17. The van der Waals surface area contributed by atoms with Crippen LogP contribution < -0.4 is 5.32 Å². The van der Waals surface area contributed by atoms with Crippen molar-refractivity contribution >= 4 is 44.3 Å². The van der Waals surface area contributed by atoms with Gasteiger partial charge in [-0.1, -0.05) is 27.5 Å². The van der Waals surface area contributed by atoms with E-state index in [1.54, 1.807) is 6.07 Å². The molecule has 1 amide bonds. The lowest BCUT2D eigenvalue weighted by Crippen LogP contribution is -2.31. The van der Waals surface area contributed by atoms with E-state index in [0.717, 1.165) is 20.9 Å². The highest BCUT2D eigenvalue weighted by molar-refractivity contribution is 9.10. The summed E-state index contributed by atoms with van der Waals surface area (Å²) in [5.74, 6) is -0.579. The molecule has 3 rings (SSSR count). The van der Waals surface area contributed by atoms with E-state index in [2.05, 4.69) is 21.2 Å². The van der Waals surface area contributed by atoms with Gasteiger partial charge < -0.3 is 5.32 Å². The first-order chi connectivity index (χ1) is 12.3. The summed E-state index contributed by atoms with van der Waals surface area (Å²) in [7, 11) is 0. The van der Waals surface area contributed by atoms with Crippen molar-refractivity contribution in [1.82, 2.24) is 10.3 Å². The van der Waals surface area contributed by atoms with Crippen LogP contribution in [-0.2, 0) is 11.2 Å². The van der Waals surface area contributed by atoms with Crippen LogP contribution in [0.1, 0.15) is 19.4 Å². The number of fused-ring (bicyclic) bond motifs is 1. The van der Waals surface area contributed by atoms with Crippen molar-refractivity contribution in [3.63, 3.8) is 0 Å². The molecule has 0 aliphatic heterocycles. The molecule has 6 heteroatoms. The average molecular weight is 436 g/mol. The number of hydrogen-bond donors (Lipinski definition) is 1. The molecule has 0 aliphatic carbocycles. The van der Waals surface area contributed by atoms with Crippen LogP contribution in [0.3, 0.4) is 0 Å². The number of nitrogens with one attached hydrogen (secondary N) is 1. The number of rotatable bonds is 4. The van der Waals surface area contributed by atoms with Crippen molar-refractivity contribution in [2.75, 3.05) is 0 Å². The normalized spacial score (nSPS) is 11.2. The average Bonchev–Trinajstić information content (AvgIpc) is 2.56. The molecule has 134 valence electrons. The van der Waals surface area contributed by atoms with Gasteiger partial charge in [0.2, 0.25) is 5.91 Å². The van der Waals surface area contributed by atoms with Crippen molar-refractivity contribution in [3.05, 3.63) is 63.3 Å². The standard InChI is InChI=1S/C20H17BrClFN2O/c1-11(2)24-19(26)10-14-7-13-8-15(21)4-6-18(13)25-20(14)12-3-5-17(23)16(22)9-12/h3-9,11H,10H2,1-2H3,(H,24,26). The number of hydrogen-bond acceptors (Lipinski definition) is 2. The number of nitrogens with zero attached hydrogens (tertiary/aromatic N) is 1. The van der Waals surface area contributed by atoms with E-state index in [-0.39, 0.29) is 23.4 Å². The highest BCUT2D eigenvalue weighted by atomic mass is 79.9. The van der Waals surface area contributed by atoms with Gasteiger partial charge in [0.1, 0.15) is 5.82 Å². The van der Waals surface area contributed by atoms with Gasteiger partial charge in [-0.25, -0.2) is 9.37 Å². The molecule has 0 unspecified atom stereocenters. The fraction of sp³-hybridized carbons (Fsp3) is 0.200. The Morgan fingerprint density at radius 1 is 1.23 bits per heavy atom. The van der Waals surface area contributed by atoms with E-state index in [0.29, 0.717) is 11.3 Å². The summed E-state index contributed by atoms with van der Waals surface area (Å²) in [4.78, 5) is 17.0. The summed E-state index contributed by atoms with van der Waals surface area (Å²) in [6, 6.07) is 12.2. The molecule has 0 fully saturated rings. The van der Waals surface area contributed by atoms with Crippen molar-refractivity contribution in [2.24, 2.45) is 0 Å². The molecule has 3 nitrogen and oxygen atoms in total. The molecule has 0 saturated heterocycles. The van der Waals surface area contributed by atoms with E-state index in [4.69, 9.17) is 16.6 Å². The van der Waals surface area contributed by atoms with Crippen molar-refractivity contribution < 1.29 is 9.18 Å². The lowest BCUT2D eigenvalue weighted by molar-refractivity contribution is -0.120. The zero-order valence-corrected chi connectivity index (χ0v) is 16.7. The maximum absolute atomic E-state index is 13.5. The highest BCUT2D eigenvalue weighted by Crippen LogP contribution is 2.30. The summed E-state index contributed by atoms with van der Waals surface area (Å²) < 4.78 is 14.5. The highest BCUT2D eigenvalue weighted by Gasteiger charge is 2.15. The van der Waals surface area contributed by atoms with Gasteiger partial charge in [-0.3, -0.25) is 4.79 Å². The molecule has 1 heterocycles. The molecule has 0 atom stereocenters. The molecule has 1 aromatic heterocycles. The number of aromatic nitrogens is 1. The summed E-state index contributed by atoms with van der Waals surface area (Å²) in [5.41, 5.74) is 2.85. The fourth-order valence-electron chi connectivity index (χ4n) is 2.77. The Labute approximate surface area is 164 Å². The van der Waals surface area contributed by atoms with Gasteiger partial charge in [-0.15, -0.1) is 0 Å². The van der Waals surface area contributed by atoms with Gasteiger partial charge in [0, 0.05) is 21.5 Å². The number of amides is 1. The number of pyridine rings is 1. The smallest absolute Gasteiger partial charge is 0.224 e. The molecule has 0 bridgehead atoms. The summed E-state index contributed by atoms with van der Waals surface area (Å²) in [6.07, 6.45) is 0.179. The SMILES string of the molecule is CC(C)NC(=O)Cc1cc2cc(Br)ccc2nc1-c1ccc(F)c(Cl)c1. The van der Waals surface area contributed by atoms with Crippen LogP contribution in [-0.4, -0.2) is 16.9 Å². The van der Waals surface area contributed by atoms with Crippen molar-refractivity contribution in [3.8, 4) is 11.3 Å². The molecular formula is C20H17BrClFN2O. The van der Waals surface area contributed by atoms with E-state index >= 15 is 0 Å². The van der Waals surface area contributed by atoms with Crippen molar-refractivity contribution in [2.45, 2.75) is 26.3 Å². The molecule has 0 aliphatic rings. The third-order valence-electron chi connectivity index (χ3n) is 3.85. The van der Waals surface area contributed by atoms with E-state index in [1.807, 2.05) is 38.1 Å². The molecule has 0 spiro atoms. The largest absolute Gasteiger partial charge is 0.354 e. The monoisotopic (exact) mass is 434 g/mol. The summed E-state index contributed by atoms with van der Waals surface area (Å²) in [6.45, 7) is 3.82. The van der Waals surface area contributed by atoms with Gasteiger partial charge >= 0.3 is 0 Å². The molecule has 26 heavy (non-hydrogen) atoms. The summed E-state index contributed by atoms with van der Waals surface area (Å²) in [5, 5.41) is 3.83. The first-order valence-corrected chi connectivity index (χ1v) is 9.34. The number of benzene rings is 2. The molecule has 2 aromatic carbocycles. The molecule has 0 saturated carbocycles. The topological polar surface area (TPSA) is 42.0 Å². The second kappa shape index (κ2) is 7.72. The maximum atomic E-state index is 13.5. The van der Waals surface area contributed by atoms with Crippen LogP contribution in [0.15, 0.2) is 46.9 Å². The number of carbonyl (C=O) groups excluding carboxylic acids is 1. The predicted octanol–water partition coefficient (Wildman–Crippen LogP) is 5.52. The van der Waals surface area contributed by atoms with Gasteiger partial charge in [-0.05, 0) is 61.9 Å². The van der Waals surface area contributed by atoms with E-state index < -0.39 is 5.82 Å². The molecular weight excluding hydrogens is 419 g/mol. The lowest BCUT2D eigenvalue weighted by atomic mass is 10.0. The van der Waals surface area contributed by atoms with Crippen LogP contribution in [0.5, 0.6) is 0 Å². The maximum Gasteiger partial charge on any atom is 0.224 e. The quantitative estimate of drug-likeness (QED) is 0.586. The third kappa shape index (κ3) is 4.22. The Morgan fingerprint density at radius 2 is 2.00 bits per heavy atom. The minimum atomic E-state index is -0.487. The van der Waals surface area contributed by atoms with E-state index in [1.165, 1.54) is 12.1 Å². The first kappa shape index (κ1) is 18.8. The second-order valence-corrected chi connectivity index (χ2v) is 7.68. The zero-order chi connectivity index (χ0) is 18.8. The Hall–Kier alpha value is -1.98. The Morgan fingerprint density at radius 3 is 2.69 bits per heavy atom. The van der Waals surface area contributed by atoms with Crippen LogP contribution >= 0.6 is 27.5 Å². The third-order valence-corrected chi connectivity index (χ3v) is 4.63. The van der Waals surface area contributed by atoms with Crippen molar-refractivity contribution in [1.29, 1.82) is 0 Å². The molecule has 0 radical (unpaired) electrons. The van der Waals surface area contributed by atoms with Crippen LogP contribution in [0.2, 0.25) is 5.02 Å². The second-order valence-electron chi connectivity index (χ2n) is 6.36. The minimum absolute atomic E-state index is 0.0257. The Kier molecular flexibility index (Phi) is 5.58. The van der Waals surface area contributed by atoms with Gasteiger partial charge in [0.25, 0.3) is 0 Å². The van der Waals surface area contributed by atoms with E-state index in [9.17, 15) is 9.18 Å². The van der Waals surface area contributed by atoms with Gasteiger partial charge in [0.15, 0.2) is 0 Å². The lowest BCUT2D eigenvalue weighted by Gasteiger charge is -2.13. The number of halogens is 3. The fourth-order valence-corrected chi connectivity index (χ4v) is 3.32. The summed E-state index contributed by atoms with van der Waals surface area (Å²) >= 11 is 9.40. The van der Waals surface area contributed by atoms with Crippen LogP contribution in [0, 0.1) is 5.82 Å². The molecule has 3 aromatic rings. The van der Waals surface area contributed by atoms with Gasteiger partial charge in [0.05, 0.1) is 22.7 Å². The Bertz CT molecular complexity index is 991. The zero-order valence-electron chi connectivity index (χ0n) is 14.3. The minimum Gasteiger partial charge on any atom is -0.354 e. The predicted molar refractivity (Wildman–Crippen MR) is 107 cm³/mol. The Balaban J connectivity index is 2.14. The van der Waals surface area contributed by atoms with Crippen LogP contribution in [0.4, 0.5) is 4.39 Å². The number of carbonyl (C=O) groups is 1. The van der Waals surface area contributed by atoms with Gasteiger partial charge in [-0.2, -0.15) is 0 Å². The van der Waals surface area contributed by atoms with Crippen LogP contribution in [0.25, 0.3) is 22.2 Å².